The van der Waals surface area contributed by atoms with Crippen LogP contribution in [0.2, 0.25) is 0 Å². The topological polar surface area (TPSA) is 92.8 Å². The Balaban J connectivity index is 1.52. The fraction of sp³-hybridized carbons (Fsp3) is 0.222. The molecule has 0 aliphatic carbocycles. The summed E-state index contributed by atoms with van der Waals surface area (Å²) in [5, 5.41) is 4.63. The number of nitrogens with zero attached hydrogens (tertiary/aromatic N) is 1. The summed E-state index contributed by atoms with van der Waals surface area (Å²) in [6.07, 6.45) is 0. The molecular weight excluding hydrogens is 356 g/mol. The zero-order valence-electron chi connectivity index (χ0n) is 13.9. The summed E-state index contributed by atoms with van der Waals surface area (Å²) in [6.45, 7) is 0.957. The van der Waals surface area contributed by atoms with Crippen LogP contribution in [0.15, 0.2) is 41.8 Å². The molecule has 0 unspecified atom stereocenters. The highest BCUT2D eigenvalue weighted by Gasteiger charge is 2.36. The number of ether oxygens (including phenoxy) is 1. The van der Waals surface area contributed by atoms with E-state index >= 15 is 0 Å². The number of esters is 1. The van der Waals surface area contributed by atoms with Gasteiger partial charge in [0.25, 0.3) is 17.6 Å². The van der Waals surface area contributed by atoms with Crippen LogP contribution in [0.5, 0.6) is 0 Å². The van der Waals surface area contributed by atoms with Crippen molar-refractivity contribution in [1.29, 1.82) is 0 Å². The van der Waals surface area contributed by atoms with Gasteiger partial charge in [-0.3, -0.25) is 24.1 Å². The standard InChI is InChI=1S/C18H16N2O5S/c1-11(14-7-4-8-26-14)19-15(21)10-25-16(22)9-20-13-6-3-2-5-12(13)17(23)18(20)24/h2-8,11H,9-10H2,1H3,(H,19,21)/t11-/m1/s1. The minimum atomic E-state index is -0.779. The lowest BCUT2D eigenvalue weighted by Crippen LogP contribution is -2.37. The molecule has 2 amide bonds. The van der Waals surface area contributed by atoms with E-state index in [0.717, 1.165) is 9.78 Å². The Hall–Kier alpha value is -3.00. The Morgan fingerprint density at radius 3 is 2.69 bits per heavy atom. The lowest BCUT2D eigenvalue weighted by Gasteiger charge is -2.16. The molecule has 1 atom stereocenters. The Labute approximate surface area is 153 Å². The third kappa shape index (κ3) is 3.65. The van der Waals surface area contributed by atoms with E-state index in [1.54, 1.807) is 18.2 Å². The molecule has 2 heterocycles. The molecule has 0 bridgehead atoms. The number of hydrogen-bond acceptors (Lipinski definition) is 6. The quantitative estimate of drug-likeness (QED) is 0.615. The van der Waals surface area contributed by atoms with E-state index in [9.17, 15) is 19.2 Å². The van der Waals surface area contributed by atoms with Gasteiger partial charge in [-0.25, -0.2) is 0 Å². The summed E-state index contributed by atoms with van der Waals surface area (Å²) < 4.78 is 4.93. The third-order valence-corrected chi connectivity index (χ3v) is 4.93. The van der Waals surface area contributed by atoms with Gasteiger partial charge in [0.1, 0.15) is 6.54 Å². The second kappa shape index (κ2) is 7.49. The molecule has 0 fully saturated rings. The van der Waals surface area contributed by atoms with Crippen LogP contribution >= 0.6 is 11.3 Å². The number of carbonyl (C=O) groups is 4. The molecule has 0 saturated heterocycles. The van der Waals surface area contributed by atoms with Crippen LogP contribution in [-0.4, -0.2) is 36.7 Å². The van der Waals surface area contributed by atoms with E-state index in [0.29, 0.717) is 5.69 Å². The number of rotatable bonds is 6. The fourth-order valence-electron chi connectivity index (χ4n) is 2.62. The number of thiophene rings is 1. The Morgan fingerprint density at radius 2 is 1.96 bits per heavy atom. The van der Waals surface area contributed by atoms with Crippen LogP contribution in [0, 0.1) is 0 Å². The van der Waals surface area contributed by atoms with E-state index < -0.39 is 36.7 Å². The summed E-state index contributed by atoms with van der Waals surface area (Å²) in [5.74, 6) is -2.64. The first kappa shape index (κ1) is 17.8. The Bertz CT molecular complexity index is 862. The van der Waals surface area contributed by atoms with E-state index in [4.69, 9.17) is 4.74 Å². The maximum Gasteiger partial charge on any atom is 0.326 e. The first-order valence-corrected chi connectivity index (χ1v) is 8.79. The summed E-state index contributed by atoms with van der Waals surface area (Å²) in [5.41, 5.74) is 0.628. The molecule has 1 aliphatic heterocycles. The van der Waals surface area contributed by atoms with Gasteiger partial charge < -0.3 is 10.1 Å². The predicted molar refractivity (Wildman–Crippen MR) is 95.0 cm³/mol. The highest BCUT2D eigenvalue weighted by atomic mass is 32.1. The van der Waals surface area contributed by atoms with Gasteiger partial charge >= 0.3 is 5.97 Å². The van der Waals surface area contributed by atoms with Gasteiger partial charge in [-0.1, -0.05) is 18.2 Å². The Morgan fingerprint density at radius 1 is 1.19 bits per heavy atom. The molecule has 1 aromatic carbocycles. The van der Waals surface area contributed by atoms with Crippen molar-refractivity contribution < 1.29 is 23.9 Å². The molecule has 0 radical (unpaired) electrons. The van der Waals surface area contributed by atoms with Crippen molar-refractivity contribution in [3.05, 3.63) is 52.2 Å². The van der Waals surface area contributed by atoms with Crippen LogP contribution < -0.4 is 10.2 Å². The maximum atomic E-state index is 12.0. The van der Waals surface area contributed by atoms with Gasteiger partial charge in [0.05, 0.1) is 17.3 Å². The largest absolute Gasteiger partial charge is 0.454 e. The minimum absolute atomic E-state index is 0.189. The summed E-state index contributed by atoms with van der Waals surface area (Å²) in [7, 11) is 0. The molecule has 1 aromatic heterocycles. The number of para-hydroxylation sites is 1. The smallest absolute Gasteiger partial charge is 0.326 e. The van der Waals surface area contributed by atoms with Gasteiger partial charge in [-0.05, 0) is 30.5 Å². The van der Waals surface area contributed by atoms with Crippen molar-refractivity contribution in [2.75, 3.05) is 18.1 Å². The number of carbonyl (C=O) groups excluding carboxylic acids is 4. The molecule has 2 aromatic rings. The summed E-state index contributed by atoms with van der Waals surface area (Å²) in [6, 6.07) is 10.0. The number of anilines is 1. The van der Waals surface area contributed by atoms with Gasteiger partial charge in [-0.2, -0.15) is 0 Å². The third-order valence-electron chi connectivity index (χ3n) is 3.88. The second-order valence-electron chi connectivity index (χ2n) is 5.70. The van der Waals surface area contributed by atoms with Crippen LogP contribution in [0.1, 0.15) is 28.2 Å². The van der Waals surface area contributed by atoms with Crippen molar-refractivity contribution >= 4 is 40.6 Å². The fourth-order valence-corrected chi connectivity index (χ4v) is 3.35. The average molecular weight is 372 g/mol. The number of fused-ring (bicyclic) bond motifs is 1. The van der Waals surface area contributed by atoms with Gasteiger partial charge in [-0.15, -0.1) is 11.3 Å². The van der Waals surface area contributed by atoms with Crippen molar-refractivity contribution in [2.45, 2.75) is 13.0 Å². The number of hydrogen-bond donors (Lipinski definition) is 1. The van der Waals surface area contributed by atoms with Crippen LogP contribution in [0.3, 0.4) is 0 Å². The molecular formula is C18H16N2O5S. The molecule has 7 nitrogen and oxygen atoms in total. The van der Waals surface area contributed by atoms with E-state index in [2.05, 4.69) is 5.32 Å². The first-order chi connectivity index (χ1) is 12.5. The number of ketones is 1. The normalized spacial score (nSPS) is 14.1. The zero-order valence-corrected chi connectivity index (χ0v) is 14.7. The highest BCUT2D eigenvalue weighted by molar-refractivity contribution is 7.10. The van der Waals surface area contributed by atoms with Crippen molar-refractivity contribution in [3.63, 3.8) is 0 Å². The number of amides is 2. The minimum Gasteiger partial charge on any atom is -0.454 e. The van der Waals surface area contributed by atoms with Crippen LogP contribution in [0.4, 0.5) is 5.69 Å². The number of Topliss-reactive ketones (excluding diaryl/α,β-unsaturated/α-hetero) is 1. The summed E-state index contributed by atoms with van der Waals surface area (Å²) in [4.78, 5) is 49.8. The average Bonchev–Trinajstić information content (AvgIpc) is 3.24. The number of benzene rings is 1. The molecule has 1 aliphatic rings. The zero-order chi connectivity index (χ0) is 18.7. The highest BCUT2D eigenvalue weighted by Crippen LogP contribution is 2.28. The molecule has 0 spiro atoms. The molecule has 3 rings (SSSR count). The van der Waals surface area contributed by atoms with E-state index in [1.165, 1.54) is 17.4 Å². The second-order valence-corrected chi connectivity index (χ2v) is 6.68. The first-order valence-electron chi connectivity index (χ1n) is 7.91. The predicted octanol–water partition coefficient (Wildman–Crippen LogP) is 1.70. The molecule has 1 N–H and O–H groups in total. The maximum absolute atomic E-state index is 12.0. The Kier molecular flexibility index (Phi) is 5.13. The van der Waals surface area contributed by atoms with Crippen LogP contribution in [0.25, 0.3) is 0 Å². The molecule has 0 saturated carbocycles. The van der Waals surface area contributed by atoms with Crippen molar-refractivity contribution in [1.82, 2.24) is 5.32 Å². The van der Waals surface area contributed by atoms with Gasteiger partial charge in [0.15, 0.2) is 6.61 Å². The number of nitrogens with one attached hydrogen (secondary N) is 1. The summed E-state index contributed by atoms with van der Waals surface area (Å²) >= 11 is 1.51. The van der Waals surface area contributed by atoms with E-state index in [1.807, 2.05) is 24.4 Å². The van der Waals surface area contributed by atoms with E-state index in [-0.39, 0.29) is 11.6 Å². The monoisotopic (exact) mass is 372 g/mol. The SMILES string of the molecule is C[C@@H](NC(=O)COC(=O)CN1C(=O)C(=O)c2ccccc21)c1cccs1. The molecule has 26 heavy (non-hydrogen) atoms. The molecule has 134 valence electrons. The van der Waals surface area contributed by atoms with Crippen LogP contribution in [-0.2, 0) is 19.1 Å². The van der Waals surface area contributed by atoms with Crippen molar-refractivity contribution in [3.8, 4) is 0 Å². The van der Waals surface area contributed by atoms with Gasteiger partial charge in [0.2, 0.25) is 0 Å². The van der Waals surface area contributed by atoms with Crippen molar-refractivity contribution in [2.24, 2.45) is 0 Å². The molecule has 8 heteroatoms. The van der Waals surface area contributed by atoms with Gasteiger partial charge in [0, 0.05) is 4.88 Å². The lowest BCUT2D eigenvalue weighted by molar-refractivity contribution is -0.147. The lowest BCUT2D eigenvalue weighted by atomic mass is 10.1.